The lowest BCUT2D eigenvalue weighted by molar-refractivity contribution is -0.131. The van der Waals surface area contributed by atoms with E-state index in [1.165, 1.54) is 22.2 Å². The molecule has 0 bridgehead atoms. The van der Waals surface area contributed by atoms with Crippen LogP contribution in [0.2, 0.25) is 0 Å². The molecule has 1 unspecified atom stereocenters. The fraction of sp³-hybridized carbons (Fsp3) is 0.600. The summed E-state index contributed by atoms with van der Waals surface area (Å²) in [5.74, 6) is -0.127. The molecular formula is C20H28N4O3S. The summed E-state index contributed by atoms with van der Waals surface area (Å²) < 4.78 is 1.35. The third-order valence-corrected chi connectivity index (χ3v) is 6.78. The average molecular weight is 405 g/mol. The van der Waals surface area contributed by atoms with Crippen molar-refractivity contribution in [2.75, 3.05) is 19.6 Å². The molecule has 2 aromatic rings. The van der Waals surface area contributed by atoms with Crippen molar-refractivity contribution in [3.05, 3.63) is 27.1 Å². The summed E-state index contributed by atoms with van der Waals surface area (Å²) in [4.78, 5) is 47.6. The Balaban J connectivity index is 1.95. The number of likely N-dealkylation sites (N-methyl/N-ethyl adjacent to an activating group) is 1. The first-order chi connectivity index (χ1) is 13.4. The van der Waals surface area contributed by atoms with E-state index in [1.54, 1.807) is 11.8 Å². The lowest BCUT2D eigenvalue weighted by Crippen LogP contribution is -2.41. The third kappa shape index (κ3) is 3.70. The van der Waals surface area contributed by atoms with E-state index in [-0.39, 0.29) is 30.0 Å². The van der Waals surface area contributed by atoms with E-state index in [1.807, 2.05) is 18.7 Å². The second-order valence-electron chi connectivity index (χ2n) is 7.32. The number of rotatable bonds is 5. The fourth-order valence-corrected chi connectivity index (χ4v) is 4.92. The molecule has 2 aromatic heterocycles. The molecule has 8 heteroatoms. The Morgan fingerprint density at radius 1 is 1.29 bits per heavy atom. The van der Waals surface area contributed by atoms with Crippen LogP contribution >= 0.6 is 11.3 Å². The van der Waals surface area contributed by atoms with Gasteiger partial charge < -0.3 is 9.80 Å². The van der Waals surface area contributed by atoms with Crippen LogP contribution in [0.5, 0.6) is 0 Å². The van der Waals surface area contributed by atoms with Crippen LogP contribution in [0.25, 0.3) is 10.2 Å². The SMILES string of the molecule is CCN(CC)C(=O)Cn1cnc2sc(C(=O)N3CCCCC3C)c(C)c2c1=O. The molecule has 0 aliphatic carbocycles. The maximum absolute atomic E-state index is 13.1. The number of hydrogen-bond acceptors (Lipinski definition) is 5. The third-order valence-electron chi connectivity index (χ3n) is 5.60. The molecule has 1 saturated heterocycles. The van der Waals surface area contributed by atoms with Crippen LogP contribution in [0.1, 0.15) is 55.3 Å². The van der Waals surface area contributed by atoms with Crippen LogP contribution in [0.4, 0.5) is 0 Å². The van der Waals surface area contributed by atoms with Crippen molar-refractivity contribution in [1.29, 1.82) is 0 Å². The Hall–Kier alpha value is -2.22. The molecule has 1 atom stereocenters. The van der Waals surface area contributed by atoms with Crippen molar-refractivity contribution in [2.24, 2.45) is 0 Å². The number of nitrogens with zero attached hydrogens (tertiary/aromatic N) is 4. The zero-order valence-electron chi connectivity index (χ0n) is 17.0. The highest BCUT2D eigenvalue weighted by molar-refractivity contribution is 7.20. The summed E-state index contributed by atoms with van der Waals surface area (Å²) in [5, 5.41) is 0.452. The molecule has 1 aliphatic heterocycles. The maximum Gasteiger partial charge on any atom is 0.264 e. The van der Waals surface area contributed by atoms with Gasteiger partial charge in [-0.2, -0.15) is 0 Å². The average Bonchev–Trinajstić information content (AvgIpc) is 3.02. The lowest BCUT2D eigenvalue weighted by Gasteiger charge is -2.33. The summed E-state index contributed by atoms with van der Waals surface area (Å²) in [5.41, 5.74) is 0.412. The predicted octanol–water partition coefficient (Wildman–Crippen LogP) is 2.65. The van der Waals surface area contributed by atoms with Crippen LogP contribution in [0.15, 0.2) is 11.1 Å². The molecule has 28 heavy (non-hydrogen) atoms. The van der Waals surface area contributed by atoms with Gasteiger partial charge in [0, 0.05) is 25.7 Å². The van der Waals surface area contributed by atoms with E-state index in [2.05, 4.69) is 11.9 Å². The topological polar surface area (TPSA) is 75.5 Å². The van der Waals surface area contributed by atoms with Gasteiger partial charge in [-0.05, 0) is 52.5 Å². The molecule has 0 saturated carbocycles. The summed E-state index contributed by atoms with van der Waals surface area (Å²) in [7, 11) is 0. The van der Waals surface area contributed by atoms with Crippen molar-refractivity contribution in [2.45, 2.75) is 59.5 Å². The van der Waals surface area contributed by atoms with Crippen molar-refractivity contribution in [3.63, 3.8) is 0 Å². The van der Waals surface area contributed by atoms with Gasteiger partial charge in [-0.25, -0.2) is 4.98 Å². The molecule has 3 heterocycles. The van der Waals surface area contributed by atoms with Gasteiger partial charge >= 0.3 is 0 Å². The molecule has 3 rings (SSSR count). The van der Waals surface area contributed by atoms with E-state index in [0.29, 0.717) is 33.7 Å². The monoisotopic (exact) mass is 404 g/mol. The van der Waals surface area contributed by atoms with Crippen LogP contribution < -0.4 is 5.56 Å². The highest BCUT2D eigenvalue weighted by Gasteiger charge is 2.28. The first-order valence-corrected chi connectivity index (χ1v) is 10.8. The van der Waals surface area contributed by atoms with Crippen LogP contribution in [-0.4, -0.2) is 56.8 Å². The van der Waals surface area contributed by atoms with Gasteiger partial charge in [-0.15, -0.1) is 11.3 Å². The predicted molar refractivity (Wildman–Crippen MR) is 111 cm³/mol. The number of fused-ring (bicyclic) bond motifs is 1. The number of aromatic nitrogens is 2. The quantitative estimate of drug-likeness (QED) is 0.768. The van der Waals surface area contributed by atoms with Crippen LogP contribution in [0, 0.1) is 6.92 Å². The Kier molecular flexibility index (Phi) is 6.17. The van der Waals surface area contributed by atoms with Crippen molar-refractivity contribution in [3.8, 4) is 0 Å². The first-order valence-electron chi connectivity index (χ1n) is 9.96. The Morgan fingerprint density at radius 2 is 2.00 bits per heavy atom. The number of likely N-dealkylation sites (tertiary alicyclic amines) is 1. The van der Waals surface area contributed by atoms with Crippen molar-refractivity contribution in [1.82, 2.24) is 19.4 Å². The van der Waals surface area contributed by atoms with Crippen molar-refractivity contribution >= 4 is 33.4 Å². The maximum atomic E-state index is 13.1. The molecular weight excluding hydrogens is 376 g/mol. The van der Waals surface area contributed by atoms with Gasteiger partial charge in [0.25, 0.3) is 11.5 Å². The molecule has 7 nitrogen and oxygen atoms in total. The zero-order valence-corrected chi connectivity index (χ0v) is 17.8. The van der Waals surface area contributed by atoms with E-state index in [4.69, 9.17) is 0 Å². The molecule has 152 valence electrons. The van der Waals surface area contributed by atoms with Crippen LogP contribution in [-0.2, 0) is 11.3 Å². The standard InChI is InChI=1S/C20H28N4O3S/c1-5-22(6-2)15(25)11-23-12-21-18-16(19(23)26)14(4)17(28-18)20(27)24-10-8-7-9-13(24)3/h12-13H,5-11H2,1-4H3. The second-order valence-corrected chi connectivity index (χ2v) is 8.32. The summed E-state index contributed by atoms with van der Waals surface area (Å²) in [6.07, 6.45) is 4.58. The minimum atomic E-state index is -0.259. The Morgan fingerprint density at radius 3 is 2.64 bits per heavy atom. The number of hydrogen-bond donors (Lipinski definition) is 0. The minimum Gasteiger partial charge on any atom is -0.342 e. The molecule has 0 spiro atoms. The first kappa shape index (κ1) is 20.5. The number of amides is 2. The van der Waals surface area contributed by atoms with Gasteiger partial charge in [0.1, 0.15) is 11.4 Å². The summed E-state index contributed by atoms with van der Waals surface area (Å²) >= 11 is 1.27. The number of carbonyl (C=O) groups excluding carboxylic acids is 2. The number of carbonyl (C=O) groups is 2. The van der Waals surface area contributed by atoms with E-state index < -0.39 is 0 Å². The molecule has 0 radical (unpaired) electrons. The van der Waals surface area contributed by atoms with E-state index >= 15 is 0 Å². The highest BCUT2D eigenvalue weighted by Crippen LogP contribution is 2.30. The van der Waals surface area contributed by atoms with E-state index in [0.717, 1.165) is 25.8 Å². The van der Waals surface area contributed by atoms with Gasteiger partial charge in [-0.1, -0.05) is 0 Å². The zero-order chi connectivity index (χ0) is 20.4. The highest BCUT2D eigenvalue weighted by atomic mass is 32.1. The normalized spacial score (nSPS) is 17.1. The molecule has 1 fully saturated rings. The summed E-state index contributed by atoms with van der Waals surface area (Å²) in [6.45, 7) is 9.62. The fourth-order valence-electron chi connectivity index (χ4n) is 3.83. The van der Waals surface area contributed by atoms with Gasteiger partial charge in [0.15, 0.2) is 0 Å². The van der Waals surface area contributed by atoms with Crippen LogP contribution in [0.3, 0.4) is 0 Å². The Labute approximate surface area is 169 Å². The van der Waals surface area contributed by atoms with Gasteiger partial charge in [0.2, 0.25) is 5.91 Å². The number of aryl methyl sites for hydroxylation is 1. The molecule has 0 aromatic carbocycles. The molecule has 0 N–H and O–H groups in total. The summed E-state index contributed by atoms with van der Waals surface area (Å²) in [6, 6.07) is 0.210. The van der Waals surface area contributed by atoms with E-state index in [9.17, 15) is 14.4 Å². The Bertz CT molecular complexity index is 945. The van der Waals surface area contributed by atoms with Gasteiger partial charge in [-0.3, -0.25) is 19.0 Å². The lowest BCUT2D eigenvalue weighted by atomic mass is 10.0. The smallest absolute Gasteiger partial charge is 0.264 e. The second kappa shape index (κ2) is 8.43. The largest absolute Gasteiger partial charge is 0.342 e. The molecule has 2 amide bonds. The number of thiophene rings is 1. The van der Waals surface area contributed by atoms with Crippen molar-refractivity contribution < 1.29 is 9.59 Å². The molecule has 1 aliphatic rings. The number of piperidine rings is 1. The minimum absolute atomic E-state index is 0.0159. The van der Waals surface area contributed by atoms with Gasteiger partial charge in [0.05, 0.1) is 16.6 Å².